The Morgan fingerprint density at radius 3 is 2.62 bits per heavy atom. The van der Waals surface area contributed by atoms with Crippen LogP contribution in [0.1, 0.15) is 22.3 Å². The van der Waals surface area contributed by atoms with Gasteiger partial charge in [-0.1, -0.05) is 29.8 Å². The second-order valence-electron chi connectivity index (χ2n) is 5.51. The molecule has 0 N–H and O–H groups in total. The summed E-state index contributed by atoms with van der Waals surface area (Å²) in [5, 5.41) is 10.9. The molecular formula is C18H14N2O4. The van der Waals surface area contributed by atoms with Gasteiger partial charge in [0.25, 0.3) is 5.69 Å². The fourth-order valence-electron chi connectivity index (χ4n) is 2.44. The largest absolute Gasteiger partial charge is 0.402 e. The van der Waals surface area contributed by atoms with Crippen LogP contribution in [0.2, 0.25) is 0 Å². The van der Waals surface area contributed by atoms with E-state index in [0.717, 1.165) is 11.1 Å². The van der Waals surface area contributed by atoms with Crippen molar-refractivity contribution >= 4 is 23.6 Å². The highest BCUT2D eigenvalue weighted by Crippen LogP contribution is 2.23. The number of rotatable bonds is 3. The number of carbonyl (C=O) groups is 1. The number of cyclic esters (lactones) is 1. The first kappa shape index (κ1) is 15.6. The Bertz CT molecular complexity index is 913. The molecular weight excluding hydrogens is 308 g/mol. The summed E-state index contributed by atoms with van der Waals surface area (Å²) < 4.78 is 5.19. The topological polar surface area (TPSA) is 81.8 Å². The molecule has 1 aliphatic rings. The van der Waals surface area contributed by atoms with Gasteiger partial charge < -0.3 is 4.74 Å². The van der Waals surface area contributed by atoms with Crippen molar-refractivity contribution in [1.29, 1.82) is 0 Å². The second-order valence-corrected chi connectivity index (χ2v) is 5.51. The van der Waals surface area contributed by atoms with Crippen molar-refractivity contribution in [2.24, 2.45) is 4.99 Å². The minimum atomic E-state index is -0.539. The molecule has 0 saturated carbocycles. The summed E-state index contributed by atoms with van der Waals surface area (Å²) in [4.78, 5) is 26.6. The lowest BCUT2D eigenvalue weighted by Gasteiger charge is -2.01. The van der Waals surface area contributed by atoms with Crippen LogP contribution in [0.3, 0.4) is 0 Å². The van der Waals surface area contributed by atoms with E-state index >= 15 is 0 Å². The van der Waals surface area contributed by atoms with Crippen LogP contribution in [0, 0.1) is 24.0 Å². The number of aliphatic imine (C=N–C) groups is 1. The third kappa shape index (κ3) is 3.08. The maximum atomic E-state index is 12.0. The number of nitro benzene ring substituents is 1. The Morgan fingerprint density at radius 2 is 1.96 bits per heavy atom. The lowest BCUT2D eigenvalue weighted by Crippen LogP contribution is -2.06. The van der Waals surface area contributed by atoms with Crippen LogP contribution >= 0.6 is 0 Å². The van der Waals surface area contributed by atoms with Crippen LogP contribution in [0.4, 0.5) is 5.69 Å². The molecule has 1 heterocycles. The van der Waals surface area contributed by atoms with Crippen molar-refractivity contribution in [2.45, 2.75) is 13.8 Å². The van der Waals surface area contributed by atoms with Crippen molar-refractivity contribution in [3.8, 4) is 0 Å². The van der Waals surface area contributed by atoms with Gasteiger partial charge in [0.2, 0.25) is 5.90 Å². The van der Waals surface area contributed by atoms with Crippen molar-refractivity contribution in [2.75, 3.05) is 0 Å². The summed E-state index contributed by atoms with van der Waals surface area (Å²) in [6.07, 6.45) is 1.65. The first-order valence-electron chi connectivity index (χ1n) is 7.29. The number of aryl methyl sites for hydroxylation is 2. The number of esters is 1. The number of carbonyl (C=O) groups excluding carboxylic acids is 1. The van der Waals surface area contributed by atoms with Crippen LogP contribution in [-0.2, 0) is 9.53 Å². The van der Waals surface area contributed by atoms with Gasteiger partial charge in [-0.2, -0.15) is 0 Å². The smallest absolute Gasteiger partial charge is 0.363 e. The molecule has 24 heavy (non-hydrogen) atoms. The Morgan fingerprint density at radius 1 is 1.17 bits per heavy atom. The molecule has 6 heteroatoms. The Hall–Kier alpha value is -3.28. The Balaban J connectivity index is 1.95. The Kier molecular flexibility index (Phi) is 3.95. The number of hydrogen-bond acceptors (Lipinski definition) is 5. The third-order valence-corrected chi connectivity index (χ3v) is 3.61. The maximum Gasteiger partial charge on any atom is 0.363 e. The van der Waals surface area contributed by atoms with Gasteiger partial charge in [-0.15, -0.1) is 0 Å². The molecule has 1 aliphatic heterocycles. The van der Waals surface area contributed by atoms with Gasteiger partial charge in [0.1, 0.15) is 0 Å². The number of hydrogen-bond donors (Lipinski definition) is 0. The van der Waals surface area contributed by atoms with Crippen molar-refractivity contribution in [3.63, 3.8) is 0 Å². The van der Waals surface area contributed by atoms with Gasteiger partial charge in [0.15, 0.2) is 5.70 Å². The molecule has 120 valence electrons. The van der Waals surface area contributed by atoms with E-state index in [1.807, 2.05) is 31.2 Å². The summed E-state index contributed by atoms with van der Waals surface area (Å²) in [5.41, 5.74) is 3.15. The van der Waals surface area contributed by atoms with E-state index in [1.54, 1.807) is 19.1 Å². The highest BCUT2D eigenvalue weighted by Gasteiger charge is 2.25. The van der Waals surface area contributed by atoms with E-state index in [0.29, 0.717) is 11.1 Å². The number of nitrogens with zero attached hydrogens (tertiary/aromatic N) is 2. The molecule has 0 spiro atoms. The monoisotopic (exact) mass is 322 g/mol. The summed E-state index contributed by atoms with van der Waals surface area (Å²) in [5.74, 6) is -0.389. The van der Waals surface area contributed by atoms with Gasteiger partial charge in [0, 0.05) is 17.2 Å². The highest BCUT2D eigenvalue weighted by molar-refractivity contribution is 6.13. The zero-order valence-corrected chi connectivity index (χ0v) is 13.1. The molecule has 6 nitrogen and oxygen atoms in total. The van der Waals surface area contributed by atoms with Crippen LogP contribution in [-0.4, -0.2) is 16.8 Å². The van der Waals surface area contributed by atoms with Crippen LogP contribution in [0.15, 0.2) is 53.2 Å². The molecule has 3 rings (SSSR count). The van der Waals surface area contributed by atoms with E-state index in [9.17, 15) is 14.9 Å². The van der Waals surface area contributed by atoms with E-state index in [2.05, 4.69) is 4.99 Å². The van der Waals surface area contributed by atoms with Crippen molar-refractivity contribution in [3.05, 3.63) is 80.5 Å². The SMILES string of the molecule is Cc1cccc(/C=C2\N=C(c3ccc([N+](=O)[O-])c(C)c3)OC2=O)c1. The molecule has 0 aromatic heterocycles. The zero-order valence-electron chi connectivity index (χ0n) is 13.1. The Labute approximate surface area is 138 Å². The average molecular weight is 322 g/mol. The minimum absolute atomic E-state index is 0.0131. The molecule has 0 amide bonds. The summed E-state index contributed by atoms with van der Waals surface area (Å²) in [6, 6.07) is 12.1. The standard InChI is InChI=1S/C18H14N2O4/c1-11-4-3-5-13(8-11)10-15-18(21)24-17(19-15)14-6-7-16(20(22)23)12(2)9-14/h3-10H,1-2H3/b15-10-. The van der Waals surface area contributed by atoms with Crippen LogP contribution in [0.5, 0.6) is 0 Å². The van der Waals surface area contributed by atoms with Crippen molar-refractivity contribution in [1.82, 2.24) is 0 Å². The normalized spacial score (nSPS) is 15.3. The third-order valence-electron chi connectivity index (χ3n) is 3.61. The average Bonchev–Trinajstić information content (AvgIpc) is 2.88. The van der Waals surface area contributed by atoms with Gasteiger partial charge in [-0.3, -0.25) is 10.1 Å². The molecule has 0 fully saturated rings. The second kappa shape index (κ2) is 6.08. The van der Waals surface area contributed by atoms with Crippen molar-refractivity contribution < 1.29 is 14.5 Å². The lowest BCUT2D eigenvalue weighted by molar-refractivity contribution is -0.385. The molecule has 0 radical (unpaired) electrons. The first-order chi connectivity index (χ1) is 11.4. The fraction of sp³-hybridized carbons (Fsp3) is 0.111. The summed E-state index contributed by atoms with van der Waals surface area (Å²) >= 11 is 0. The van der Waals surface area contributed by atoms with E-state index < -0.39 is 10.9 Å². The van der Waals surface area contributed by atoms with Crippen LogP contribution < -0.4 is 0 Å². The molecule has 2 aromatic rings. The van der Waals surface area contributed by atoms with E-state index in [1.165, 1.54) is 12.1 Å². The van der Waals surface area contributed by atoms with Gasteiger partial charge in [0.05, 0.1) is 4.92 Å². The van der Waals surface area contributed by atoms with Crippen LogP contribution in [0.25, 0.3) is 6.08 Å². The first-order valence-corrected chi connectivity index (χ1v) is 7.29. The fourth-order valence-corrected chi connectivity index (χ4v) is 2.44. The number of nitro groups is 1. The minimum Gasteiger partial charge on any atom is -0.402 e. The van der Waals surface area contributed by atoms with E-state index in [4.69, 9.17) is 4.74 Å². The maximum absolute atomic E-state index is 12.0. The van der Waals surface area contributed by atoms with Gasteiger partial charge in [-0.05, 0) is 37.6 Å². The predicted octanol–water partition coefficient (Wildman–Crippen LogP) is 3.56. The quantitative estimate of drug-likeness (QED) is 0.374. The molecule has 2 aromatic carbocycles. The van der Waals surface area contributed by atoms with Gasteiger partial charge in [-0.25, -0.2) is 9.79 Å². The van der Waals surface area contributed by atoms with Gasteiger partial charge >= 0.3 is 5.97 Å². The highest BCUT2D eigenvalue weighted by atomic mass is 16.6. The summed E-state index contributed by atoms with van der Waals surface area (Å²) in [7, 11) is 0. The molecule has 0 atom stereocenters. The number of ether oxygens (including phenoxy) is 1. The predicted molar refractivity (Wildman–Crippen MR) is 89.6 cm³/mol. The van der Waals surface area contributed by atoms with E-state index in [-0.39, 0.29) is 17.3 Å². The molecule has 0 aliphatic carbocycles. The zero-order chi connectivity index (χ0) is 17.3. The summed E-state index contributed by atoms with van der Waals surface area (Å²) in [6.45, 7) is 3.59. The molecule has 0 saturated heterocycles. The molecule has 0 bridgehead atoms. The molecule has 0 unspecified atom stereocenters. The lowest BCUT2D eigenvalue weighted by atomic mass is 10.1. The number of benzene rings is 2.